The number of hydrogen-bond donors (Lipinski definition) is 0. The molecular formula is C12H12ClFN2O. The van der Waals surface area contributed by atoms with Crippen LogP contribution >= 0.6 is 11.6 Å². The van der Waals surface area contributed by atoms with Crippen molar-refractivity contribution < 1.29 is 9.18 Å². The number of hydrazone groups is 1. The summed E-state index contributed by atoms with van der Waals surface area (Å²) in [6.07, 6.45) is 2.05. The van der Waals surface area contributed by atoms with E-state index in [1.165, 1.54) is 17.1 Å². The van der Waals surface area contributed by atoms with E-state index in [-0.39, 0.29) is 10.9 Å². The summed E-state index contributed by atoms with van der Waals surface area (Å²) in [5.41, 5.74) is 1.26. The van der Waals surface area contributed by atoms with Crippen molar-refractivity contribution in [1.82, 2.24) is 0 Å². The Hall–Kier alpha value is -1.42. The van der Waals surface area contributed by atoms with E-state index >= 15 is 0 Å². The van der Waals surface area contributed by atoms with Crippen LogP contribution in [0.2, 0.25) is 5.02 Å². The number of anilines is 1. The fourth-order valence-electron chi connectivity index (χ4n) is 1.73. The maximum atomic E-state index is 13.3. The number of nitrogens with zero attached hydrogens (tertiary/aromatic N) is 2. The molecule has 0 fully saturated rings. The number of hydrogen-bond acceptors (Lipinski definition) is 2. The standard InChI is InChI=1S/C12H12ClFN2O/c1-2-3-8-6-12(17)16(15-8)9-4-5-10(13)11(14)7-9/h4-5,7H,2-3,6H2,1H3. The highest BCUT2D eigenvalue weighted by molar-refractivity contribution is 6.30. The summed E-state index contributed by atoms with van der Waals surface area (Å²) >= 11 is 5.59. The lowest BCUT2D eigenvalue weighted by Crippen LogP contribution is -2.19. The maximum absolute atomic E-state index is 13.3. The predicted octanol–water partition coefficient (Wildman–Crippen LogP) is 3.37. The van der Waals surface area contributed by atoms with Gasteiger partial charge in [0.05, 0.1) is 17.1 Å². The van der Waals surface area contributed by atoms with E-state index in [9.17, 15) is 9.18 Å². The first-order valence-electron chi connectivity index (χ1n) is 5.46. The first kappa shape index (κ1) is 12.0. The smallest absolute Gasteiger partial charge is 0.253 e. The number of halogens is 2. The summed E-state index contributed by atoms with van der Waals surface area (Å²) in [5, 5.41) is 5.47. The van der Waals surface area contributed by atoms with Crippen molar-refractivity contribution in [3.63, 3.8) is 0 Å². The molecule has 0 atom stereocenters. The minimum absolute atomic E-state index is 0.0400. The SMILES string of the molecule is CCCC1=NN(c2ccc(Cl)c(F)c2)C(=O)C1. The fourth-order valence-corrected chi connectivity index (χ4v) is 1.85. The van der Waals surface area contributed by atoms with Gasteiger partial charge in [0.15, 0.2) is 0 Å². The number of benzene rings is 1. The van der Waals surface area contributed by atoms with Crippen LogP contribution in [0.3, 0.4) is 0 Å². The number of carbonyl (C=O) groups is 1. The van der Waals surface area contributed by atoms with Gasteiger partial charge in [0, 0.05) is 11.8 Å². The Bertz CT molecular complexity index is 487. The molecule has 1 aliphatic heterocycles. The average Bonchev–Trinajstić information content (AvgIpc) is 2.64. The van der Waals surface area contributed by atoms with Crippen molar-refractivity contribution in [2.75, 3.05) is 5.01 Å². The Morgan fingerprint density at radius 2 is 2.29 bits per heavy atom. The molecule has 0 radical (unpaired) electrons. The van der Waals surface area contributed by atoms with Crippen LogP contribution in [0.4, 0.5) is 10.1 Å². The van der Waals surface area contributed by atoms with Gasteiger partial charge in [-0.25, -0.2) is 9.40 Å². The molecule has 1 aliphatic rings. The van der Waals surface area contributed by atoms with Crippen LogP contribution in [0.15, 0.2) is 23.3 Å². The summed E-state index contributed by atoms with van der Waals surface area (Å²) < 4.78 is 13.3. The molecule has 0 saturated carbocycles. The van der Waals surface area contributed by atoms with E-state index in [2.05, 4.69) is 5.10 Å². The van der Waals surface area contributed by atoms with E-state index in [1.807, 2.05) is 6.92 Å². The van der Waals surface area contributed by atoms with Crippen molar-refractivity contribution in [2.45, 2.75) is 26.2 Å². The van der Waals surface area contributed by atoms with Crippen molar-refractivity contribution in [3.05, 3.63) is 29.0 Å². The van der Waals surface area contributed by atoms with Crippen LogP contribution in [-0.2, 0) is 4.79 Å². The van der Waals surface area contributed by atoms with Crippen LogP contribution < -0.4 is 5.01 Å². The molecule has 0 spiro atoms. The van der Waals surface area contributed by atoms with Gasteiger partial charge in [-0.3, -0.25) is 4.79 Å². The summed E-state index contributed by atoms with van der Waals surface area (Å²) in [6.45, 7) is 2.03. The molecule has 5 heteroatoms. The van der Waals surface area contributed by atoms with E-state index in [0.29, 0.717) is 12.1 Å². The van der Waals surface area contributed by atoms with Gasteiger partial charge in [0.2, 0.25) is 0 Å². The molecule has 0 aromatic heterocycles. The van der Waals surface area contributed by atoms with Crippen LogP contribution in [0.1, 0.15) is 26.2 Å². The average molecular weight is 255 g/mol. The Morgan fingerprint density at radius 1 is 1.53 bits per heavy atom. The predicted molar refractivity (Wildman–Crippen MR) is 65.9 cm³/mol. The van der Waals surface area contributed by atoms with Crippen molar-refractivity contribution in [2.24, 2.45) is 5.10 Å². The fraction of sp³-hybridized carbons (Fsp3) is 0.333. The zero-order valence-corrected chi connectivity index (χ0v) is 10.2. The maximum Gasteiger partial charge on any atom is 0.253 e. The van der Waals surface area contributed by atoms with Crippen molar-refractivity contribution in [3.8, 4) is 0 Å². The summed E-state index contributed by atoms with van der Waals surface area (Å²) in [6, 6.07) is 4.23. The molecule has 1 amide bonds. The minimum Gasteiger partial charge on any atom is -0.272 e. The first-order valence-corrected chi connectivity index (χ1v) is 5.84. The number of carbonyl (C=O) groups excluding carboxylic acids is 1. The number of amides is 1. The Labute approximate surface area is 104 Å². The third kappa shape index (κ3) is 2.47. The normalized spacial score (nSPS) is 15.4. The second-order valence-corrected chi connectivity index (χ2v) is 4.30. The molecule has 1 aromatic carbocycles. The molecule has 1 aromatic rings. The molecule has 0 unspecified atom stereocenters. The molecule has 0 N–H and O–H groups in total. The molecule has 1 heterocycles. The van der Waals surface area contributed by atoms with Gasteiger partial charge in [-0.1, -0.05) is 24.9 Å². The number of rotatable bonds is 3. The molecule has 2 rings (SSSR count). The summed E-state index contributed by atoms with van der Waals surface area (Å²) in [7, 11) is 0. The highest BCUT2D eigenvalue weighted by Gasteiger charge is 2.24. The molecular weight excluding hydrogens is 243 g/mol. The second kappa shape index (κ2) is 4.84. The van der Waals surface area contributed by atoms with Gasteiger partial charge in [0.25, 0.3) is 5.91 Å². The Morgan fingerprint density at radius 3 is 2.94 bits per heavy atom. The molecule has 3 nitrogen and oxygen atoms in total. The monoisotopic (exact) mass is 254 g/mol. The summed E-state index contributed by atoms with van der Waals surface area (Å²) in [4.78, 5) is 11.7. The van der Waals surface area contributed by atoms with Crippen LogP contribution in [-0.4, -0.2) is 11.6 Å². The van der Waals surface area contributed by atoms with E-state index in [1.54, 1.807) is 6.07 Å². The minimum atomic E-state index is -0.545. The lowest BCUT2D eigenvalue weighted by Gasteiger charge is -2.11. The third-order valence-corrected chi connectivity index (χ3v) is 2.83. The van der Waals surface area contributed by atoms with Crippen LogP contribution in [0, 0.1) is 5.82 Å². The van der Waals surface area contributed by atoms with Gasteiger partial charge in [0.1, 0.15) is 5.82 Å². The van der Waals surface area contributed by atoms with E-state index in [0.717, 1.165) is 18.6 Å². The second-order valence-electron chi connectivity index (χ2n) is 3.90. The topological polar surface area (TPSA) is 32.7 Å². The Kier molecular flexibility index (Phi) is 3.43. The van der Waals surface area contributed by atoms with E-state index < -0.39 is 5.82 Å². The van der Waals surface area contributed by atoms with Crippen LogP contribution in [0.5, 0.6) is 0 Å². The molecule has 90 valence electrons. The lowest BCUT2D eigenvalue weighted by molar-refractivity contribution is -0.116. The van der Waals surface area contributed by atoms with E-state index in [4.69, 9.17) is 11.6 Å². The third-order valence-electron chi connectivity index (χ3n) is 2.52. The highest BCUT2D eigenvalue weighted by atomic mass is 35.5. The van der Waals surface area contributed by atoms with Gasteiger partial charge < -0.3 is 0 Å². The van der Waals surface area contributed by atoms with Gasteiger partial charge in [-0.2, -0.15) is 5.10 Å². The van der Waals surface area contributed by atoms with Gasteiger partial charge in [-0.05, 0) is 18.6 Å². The molecule has 17 heavy (non-hydrogen) atoms. The first-order chi connectivity index (χ1) is 8.11. The molecule has 0 bridgehead atoms. The molecule has 0 aliphatic carbocycles. The Balaban J connectivity index is 2.27. The molecule has 0 saturated heterocycles. The highest BCUT2D eigenvalue weighted by Crippen LogP contribution is 2.25. The quantitative estimate of drug-likeness (QED) is 0.814. The summed E-state index contributed by atoms with van der Waals surface area (Å²) in [5.74, 6) is -0.675. The zero-order valence-electron chi connectivity index (χ0n) is 9.41. The van der Waals surface area contributed by atoms with Crippen LogP contribution in [0.25, 0.3) is 0 Å². The lowest BCUT2D eigenvalue weighted by atomic mass is 10.2. The van der Waals surface area contributed by atoms with Crippen molar-refractivity contribution in [1.29, 1.82) is 0 Å². The van der Waals surface area contributed by atoms with Gasteiger partial charge in [-0.15, -0.1) is 0 Å². The van der Waals surface area contributed by atoms with Crippen molar-refractivity contribution >= 4 is 28.9 Å². The van der Waals surface area contributed by atoms with Gasteiger partial charge >= 0.3 is 0 Å². The zero-order chi connectivity index (χ0) is 12.4. The largest absolute Gasteiger partial charge is 0.272 e.